The van der Waals surface area contributed by atoms with Crippen molar-refractivity contribution in [2.45, 2.75) is 26.3 Å². The van der Waals surface area contributed by atoms with Crippen molar-refractivity contribution in [3.63, 3.8) is 0 Å². The van der Waals surface area contributed by atoms with Crippen molar-refractivity contribution in [2.24, 2.45) is 0 Å². The van der Waals surface area contributed by atoms with Gasteiger partial charge in [0.05, 0.1) is 6.42 Å². The van der Waals surface area contributed by atoms with Crippen LogP contribution in [0.15, 0.2) is 24.3 Å². The zero-order valence-electron chi connectivity index (χ0n) is 10.2. The van der Waals surface area contributed by atoms with E-state index < -0.39 is 5.97 Å². The summed E-state index contributed by atoms with van der Waals surface area (Å²) in [5, 5.41) is 8.67. The van der Waals surface area contributed by atoms with Gasteiger partial charge < -0.3 is 5.11 Å². The minimum Gasteiger partial charge on any atom is -0.481 e. The SMILES string of the molecule is CCN(CCC(=O)O)C(C)c1ccc(F)cc1. The summed E-state index contributed by atoms with van der Waals surface area (Å²) in [6.07, 6.45) is 0.124. The van der Waals surface area contributed by atoms with Gasteiger partial charge in [-0.05, 0) is 31.2 Å². The molecule has 0 radical (unpaired) electrons. The van der Waals surface area contributed by atoms with Crippen LogP contribution in [0.5, 0.6) is 0 Å². The lowest BCUT2D eigenvalue weighted by atomic mass is 10.1. The minimum absolute atomic E-state index is 0.0972. The fraction of sp³-hybridized carbons (Fsp3) is 0.462. The van der Waals surface area contributed by atoms with Crippen molar-refractivity contribution >= 4 is 5.97 Å². The summed E-state index contributed by atoms with van der Waals surface area (Å²) in [7, 11) is 0. The van der Waals surface area contributed by atoms with Crippen molar-refractivity contribution in [3.8, 4) is 0 Å². The van der Waals surface area contributed by atoms with E-state index in [1.54, 1.807) is 12.1 Å². The smallest absolute Gasteiger partial charge is 0.304 e. The zero-order chi connectivity index (χ0) is 12.8. The Bertz CT molecular complexity index is 364. The first-order valence-electron chi connectivity index (χ1n) is 5.76. The van der Waals surface area contributed by atoms with E-state index in [9.17, 15) is 9.18 Å². The van der Waals surface area contributed by atoms with Gasteiger partial charge in [0.1, 0.15) is 5.82 Å². The van der Waals surface area contributed by atoms with Crippen molar-refractivity contribution in [2.75, 3.05) is 13.1 Å². The highest BCUT2D eigenvalue weighted by atomic mass is 19.1. The highest BCUT2D eigenvalue weighted by Crippen LogP contribution is 2.20. The fourth-order valence-electron chi connectivity index (χ4n) is 1.82. The molecule has 0 amide bonds. The van der Waals surface area contributed by atoms with Crippen LogP contribution in [-0.2, 0) is 4.79 Å². The molecular weight excluding hydrogens is 221 g/mol. The van der Waals surface area contributed by atoms with Crippen LogP contribution in [0.25, 0.3) is 0 Å². The number of aliphatic carboxylic acids is 1. The molecule has 1 aromatic rings. The Hall–Kier alpha value is -1.42. The Kier molecular flexibility index (Phi) is 5.10. The minimum atomic E-state index is -0.797. The van der Waals surface area contributed by atoms with Crippen molar-refractivity contribution in [1.82, 2.24) is 4.90 Å². The Morgan fingerprint density at radius 3 is 2.47 bits per heavy atom. The quantitative estimate of drug-likeness (QED) is 0.829. The summed E-state index contributed by atoms with van der Waals surface area (Å²) in [6.45, 7) is 5.26. The molecule has 17 heavy (non-hydrogen) atoms. The molecule has 0 fully saturated rings. The summed E-state index contributed by atoms with van der Waals surface area (Å²) < 4.78 is 12.8. The predicted molar refractivity (Wildman–Crippen MR) is 64.3 cm³/mol. The molecule has 0 saturated heterocycles. The number of carboxylic acid groups (broad SMARTS) is 1. The Labute approximate surface area is 101 Å². The molecule has 0 aliphatic carbocycles. The highest BCUT2D eigenvalue weighted by Gasteiger charge is 2.14. The number of halogens is 1. The first kappa shape index (κ1) is 13.6. The van der Waals surface area contributed by atoms with E-state index in [4.69, 9.17) is 5.11 Å². The largest absolute Gasteiger partial charge is 0.481 e. The number of hydrogen-bond acceptors (Lipinski definition) is 2. The predicted octanol–water partition coefficient (Wildman–Crippen LogP) is 2.68. The second kappa shape index (κ2) is 6.35. The van der Waals surface area contributed by atoms with Gasteiger partial charge >= 0.3 is 5.97 Å². The standard InChI is InChI=1S/C13H18FNO2/c1-3-15(9-8-13(16)17)10(2)11-4-6-12(14)7-5-11/h4-7,10H,3,8-9H2,1-2H3,(H,16,17). The van der Waals surface area contributed by atoms with Crippen LogP contribution in [0.3, 0.4) is 0 Å². The summed E-state index contributed by atoms with van der Waals surface area (Å²) in [6, 6.07) is 6.43. The number of nitrogens with zero attached hydrogens (tertiary/aromatic N) is 1. The number of carboxylic acids is 1. The Morgan fingerprint density at radius 1 is 1.41 bits per heavy atom. The Balaban J connectivity index is 2.68. The van der Waals surface area contributed by atoms with E-state index in [2.05, 4.69) is 4.90 Å². The summed E-state index contributed by atoms with van der Waals surface area (Å²) in [4.78, 5) is 12.6. The lowest BCUT2D eigenvalue weighted by Crippen LogP contribution is -2.29. The molecule has 0 aliphatic rings. The maximum absolute atomic E-state index is 12.8. The molecule has 1 rings (SSSR count). The molecule has 1 N–H and O–H groups in total. The third-order valence-electron chi connectivity index (χ3n) is 2.92. The van der Waals surface area contributed by atoms with Crippen molar-refractivity contribution in [1.29, 1.82) is 0 Å². The van der Waals surface area contributed by atoms with E-state index in [0.29, 0.717) is 6.54 Å². The molecule has 4 heteroatoms. The molecule has 1 unspecified atom stereocenters. The first-order valence-corrected chi connectivity index (χ1v) is 5.76. The normalized spacial score (nSPS) is 12.7. The lowest BCUT2D eigenvalue weighted by Gasteiger charge is -2.27. The molecule has 1 aromatic carbocycles. The molecule has 94 valence electrons. The monoisotopic (exact) mass is 239 g/mol. The van der Waals surface area contributed by atoms with Crippen LogP contribution in [0.4, 0.5) is 4.39 Å². The molecule has 0 aliphatic heterocycles. The molecule has 1 atom stereocenters. The van der Waals surface area contributed by atoms with Gasteiger partial charge in [0.15, 0.2) is 0 Å². The van der Waals surface area contributed by atoms with Crippen molar-refractivity contribution in [3.05, 3.63) is 35.6 Å². The molecule has 0 bridgehead atoms. The second-order valence-corrected chi connectivity index (χ2v) is 4.00. The average Bonchev–Trinajstić information content (AvgIpc) is 2.30. The fourth-order valence-corrected chi connectivity index (χ4v) is 1.82. The van der Waals surface area contributed by atoms with E-state index in [0.717, 1.165) is 12.1 Å². The lowest BCUT2D eigenvalue weighted by molar-refractivity contribution is -0.137. The van der Waals surface area contributed by atoms with Gasteiger partial charge in [0.25, 0.3) is 0 Å². The third-order valence-corrected chi connectivity index (χ3v) is 2.92. The summed E-state index contributed by atoms with van der Waals surface area (Å²) in [5.74, 6) is -1.05. The van der Waals surface area contributed by atoms with Crippen LogP contribution < -0.4 is 0 Å². The highest BCUT2D eigenvalue weighted by molar-refractivity contribution is 5.66. The van der Waals surface area contributed by atoms with Crippen LogP contribution in [-0.4, -0.2) is 29.1 Å². The van der Waals surface area contributed by atoms with E-state index in [-0.39, 0.29) is 18.3 Å². The molecule has 0 aromatic heterocycles. The second-order valence-electron chi connectivity index (χ2n) is 4.00. The van der Waals surface area contributed by atoms with Crippen LogP contribution >= 0.6 is 0 Å². The van der Waals surface area contributed by atoms with Crippen LogP contribution in [0.1, 0.15) is 31.9 Å². The Morgan fingerprint density at radius 2 is 2.00 bits per heavy atom. The first-order chi connectivity index (χ1) is 8.04. The molecule has 0 spiro atoms. The van der Waals surface area contributed by atoms with E-state index in [1.165, 1.54) is 12.1 Å². The van der Waals surface area contributed by atoms with Gasteiger partial charge in [-0.25, -0.2) is 4.39 Å². The van der Waals surface area contributed by atoms with Crippen molar-refractivity contribution < 1.29 is 14.3 Å². The molecule has 0 saturated carbocycles. The molecule has 3 nitrogen and oxygen atoms in total. The maximum Gasteiger partial charge on any atom is 0.304 e. The number of rotatable bonds is 6. The van der Waals surface area contributed by atoms with Gasteiger partial charge in [0.2, 0.25) is 0 Å². The van der Waals surface area contributed by atoms with Crippen LogP contribution in [0.2, 0.25) is 0 Å². The number of carbonyl (C=O) groups is 1. The molecular formula is C13H18FNO2. The van der Waals surface area contributed by atoms with E-state index >= 15 is 0 Å². The average molecular weight is 239 g/mol. The number of hydrogen-bond donors (Lipinski definition) is 1. The topological polar surface area (TPSA) is 40.5 Å². The van der Waals surface area contributed by atoms with Gasteiger partial charge in [-0.1, -0.05) is 19.1 Å². The zero-order valence-corrected chi connectivity index (χ0v) is 10.2. The summed E-state index contributed by atoms with van der Waals surface area (Å²) in [5.41, 5.74) is 0.999. The van der Waals surface area contributed by atoms with Gasteiger partial charge in [0, 0.05) is 12.6 Å². The maximum atomic E-state index is 12.8. The van der Waals surface area contributed by atoms with E-state index in [1.807, 2.05) is 13.8 Å². The van der Waals surface area contributed by atoms with Gasteiger partial charge in [-0.2, -0.15) is 0 Å². The molecule has 0 heterocycles. The van der Waals surface area contributed by atoms with Crippen LogP contribution in [0, 0.1) is 5.82 Å². The number of benzene rings is 1. The van der Waals surface area contributed by atoms with Gasteiger partial charge in [-0.3, -0.25) is 9.69 Å². The third kappa shape index (κ3) is 4.15. The van der Waals surface area contributed by atoms with Gasteiger partial charge in [-0.15, -0.1) is 0 Å². The summed E-state index contributed by atoms with van der Waals surface area (Å²) >= 11 is 0.